The second kappa shape index (κ2) is 3.83. The van der Waals surface area contributed by atoms with Crippen LogP contribution in [0.5, 0.6) is 0 Å². The number of benzene rings is 1. The van der Waals surface area contributed by atoms with Gasteiger partial charge in [0.1, 0.15) is 0 Å². The zero-order valence-corrected chi connectivity index (χ0v) is 8.34. The minimum absolute atomic E-state index is 0.981. The second-order valence-corrected chi connectivity index (χ2v) is 3.83. The molecule has 0 spiro atoms. The predicted molar refractivity (Wildman–Crippen MR) is 57.0 cm³/mol. The Morgan fingerprint density at radius 3 is 3.38 bits per heavy atom. The molecule has 1 aromatic carbocycles. The fourth-order valence-corrected chi connectivity index (χ4v) is 1.68. The molecule has 1 aromatic heterocycles. The minimum Gasteiger partial charge on any atom is -0.264 e. The summed E-state index contributed by atoms with van der Waals surface area (Å²) in [6.45, 7) is 0.981. The Morgan fingerprint density at radius 1 is 1.62 bits per heavy atom. The second-order valence-electron chi connectivity index (χ2n) is 2.85. The number of rotatable bonds is 3. The highest BCUT2D eigenvalue weighted by molar-refractivity contribution is 7.98. The molecule has 1 radical (unpaired) electrons. The van der Waals surface area contributed by atoms with Gasteiger partial charge in [-0.1, -0.05) is 6.07 Å². The molecule has 3 heteroatoms. The van der Waals surface area contributed by atoms with E-state index in [4.69, 9.17) is 0 Å². The van der Waals surface area contributed by atoms with Gasteiger partial charge in [0, 0.05) is 11.1 Å². The average Bonchev–Trinajstić information content (AvgIpc) is 2.58. The molecule has 0 aliphatic heterocycles. The average molecular weight is 191 g/mol. The predicted octanol–water partition coefficient (Wildman–Crippen LogP) is 2.20. The van der Waals surface area contributed by atoms with Gasteiger partial charge in [0.2, 0.25) is 0 Å². The summed E-state index contributed by atoms with van der Waals surface area (Å²) in [6.07, 6.45) is 4.01. The molecule has 13 heavy (non-hydrogen) atoms. The number of aryl methyl sites for hydroxylation is 1. The molecule has 0 saturated carbocycles. The van der Waals surface area contributed by atoms with Gasteiger partial charge in [-0.15, -0.1) is 0 Å². The molecule has 2 nitrogen and oxygen atoms in total. The molecule has 0 aliphatic rings. The lowest BCUT2D eigenvalue weighted by atomic mass is 10.3. The van der Waals surface area contributed by atoms with Crippen LogP contribution >= 0.6 is 11.8 Å². The van der Waals surface area contributed by atoms with E-state index in [1.165, 1.54) is 10.9 Å². The van der Waals surface area contributed by atoms with Gasteiger partial charge in [0.15, 0.2) is 0 Å². The lowest BCUT2D eigenvalue weighted by Crippen LogP contribution is -2.01. The molecule has 0 atom stereocenters. The normalized spacial score (nSPS) is 10.8. The van der Waals surface area contributed by atoms with Crippen LogP contribution in [0.1, 0.15) is 0 Å². The van der Waals surface area contributed by atoms with Crippen LogP contribution in [0.25, 0.3) is 10.9 Å². The van der Waals surface area contributed by atoms with Crippen LogP contribution < -0.4 is 0 Å². The fraction of sp³-hybridized carbons (Fsp3) is 0.300. The molecule has 0 amide bonds. The number of fused-ring (bicyclic) bond motifs is 1. The standard InChI is InChI=1S/C10H11N2S/c1-13-7-6-12-10-5-3-2-4-9(10)8-11-12/h3-5,8H,6-7H2,1H3. The fourth-order valence-electron chi connectivity index (χ4n) is 1.32. The maximum absolute atomic E-state index is 4.32. The van der Waals surface area contributed by atoms with E-state index in [1.54, 1.807) is 0 Å². The van der Waals surface area contributed by atoms with Crippen LogP contribution in [0.3, 0.4) is 0 Å². The van der Waals surface area contributed by atoms with Crippen molar-refractivity contribution < 1.29 is 0 Å². The van der Waals surface area contributed by atoms with Crippen molar-refractivity contribution >= 4 is 22.7 Å². The molecule has 1 heterocycles. The van der Waals surface area contributed by atoms with E-state index >= 15 is 0 Å². The summed E-state index contributed by atoms with van der Waals surface area (Å²) in [7, 11) is 0. The van der Waals surface area contributed by atoms with Crippen molar-refractivity contribution in [3.05, 3.63) is 30.5 Å². The van der Waals surface area contributed by atoms with Crippen LogP contribution in [0.2, 0.25) is 0 Å². The number of thioether (sulfide) groups is 1. The van der Waals surface area contributed by atoms with Gasteiger partial charge in [-0.3, -0.25) is 4.68 Å². The first-order valence-corrected chi connectivity index (χ1v) is 5.62. The smallest absolute Gasteiger partial charge is 0.0683 e. The molecule has 2 aromatic rings. The first-order chi connectivity index (χ1) is 6.42. The van der Waals surface area contributed by atoms with E-state index in [-0.39, 0.29) is 0 Å². The van der Waals surface area contributed by atoms with Gasteiger partial charge in [0.25, 0.3) is 0 Å². The molecular weight excluding hydrogens is 180 g/mol. The van der Waals surface area contributed by atoms with Crippen molar-refractivity contribution in [1.29, 1.82) is 0 Å². The molecule has 0 bridgehead atoms. The van der Waals surface area contributed by atoms with E-state index in [1.807, 2.05) is 34.8 Å². The Kier molecular flexibility index (Phi) is 2.54. The minimum atomic E-state index is 0.981. The van der Waals surface area contributed by atoms with E-state index in [2.05, 4.69) is 23.5 Å². The molecular formula is C10H11N2S. The molecule has 0 fully saturated rings. The molecule has 67 valence electrons. The van der Waals surface area contributed by atoms with Crippen molar-refractivity contribution in [1.82, 2.24) is 9.78 Å². The van der Waals surface area contributed by atoms with Crippen molar-refractivity contribution in [2.75, 3.05) is 12.0 Å². The van der Waals surface area contributed by atoms with Crippen LogP contribution in [-0.4, -0.2) is 21.8 Å². The van der Waals surface area contributed by atoms with Gasteiger partial charge in [-0.2, -0.15) is 16.9 Å². The zero-order chi connectivity index (χ0) is 9.10. The lowest BCUT2D eigenvalue weighted by molar-refractivity contribution is 0.691. The third kappa shape index (κ3) is 1.70. The molecule has 0 saturated heterocycles. The Morgan fingerprint density at radius 2 is 2.54 bits per heavy atom. The van der Waals surface area contributed by atoms with Crippen molar-refractivity contribution in [3.8, 4) is 0 Å². The van der Waals surface area contributed by atoms with Crippen LogP contribution in [0, 0.1) is 6.07 Å². The first-order valence-electron chi connectivity index (χ1n) is 4.22. The van der Waals surface area contributed by atoms with E-state index in [0.29, 0.717) is 0 Å². The van der Waals surface area contributed by atoms with Gasteiger partial charge >= 0.3 is 0 Å². The topological polar surface area (TPSA) is 17.8 Å². The van der Waals surface area contributed by atoms with Gasteiger partial charge in [0.05, 0.1) is 18.3 Å². The summed E-state index contributed by atoms with van der Waals surface area (Å²) in [6, 6.07) is 9.00. The summed E-state index contributed by atoms with van der Waals surface area (Å²) >= 11 is 1.84. The number of hydrogen-bond donors (Lipinski definition) is 0. The van der Waals surface area contributed by atoms with E-state index in [0.717, 1.165) is 12.3 Å². The van der Waals surface area contributed by atoms with E-state index < -0.39 is 0 Å². The zero-order valence-electron chi connectivity index (χ0n) is 7.53. The third-order valence-corrected chi connectivity index (χ3v) is 2.58. The highest BCUT2D eigenvalue weighted by atomic mass is 32.2. The summed E-state index contributed by atoms with van der Waals surface area (Å²) in [5.74, 6) is 1.11. The molecule has 0 unspecified atom stereocenters. The highest BCUT2D eigenvalue weighted by Crippen LogP contribution is 2.12. The Hall–Kier alpha value is -0.960. The SMILES string of the molecule is CSCCn1ncc2c[c]ccc21. The molecule has 0 aliphatic carbocycles. The Bertz CT molecular complexity index is 394. The third-order valence-electron chi connectivity index (χ3n) is 1.99. The first kappa shape index (κ1) is 8.63. The Balaban J connectivity index is 2.35. The summed E-state index contributed by atoms with van der Waals surface area (Å²) < 4.78 is 2.04. The lowest BCUT2D eigenvalue weighted by Gasteiger charge is -2.00. The molecule has 2 rings (SSSR count). The Labute approximate surface area is 81.9 Å². The number of nitrogens with zero attached hydrogens (tertiary/aromatic N) is 2. The highest BCUT2D eigenvalue weighted by Gasteiger charge is 1.99. The quantitative estimate of drug-likeness (QED) is 0.740. The number of aromatic nitrogens is 2. The van der Waals surface area contributed by atoms with Gasteiger partial charge < -0.3 is 0 Å². The summed E-state index contributed by atoms with van der Waals surface area (Å²) in [5.41, 5.74) is 1.20. The largest absolute Gasteiger partial charge is 0.264 e. The molecule has 0 N–H and O–H groups in total. The summed E-state index contributed by atoms with van der Waals surface area (Å²) in [4.78, 5) is 0. The van der Waals surface area contributed by atoms with Gasteiger partial charge in [-0.25, -0.2) is 0 Å². The summed E-state index contributed by atoms with van der Waals surface area (Å²) in [5, 5.41) is 5.49. The van der Waals surface area contributed by atoms with Gasteiger partial charge in [-0.05, 0) is 24.5 Å². The van der Waals surface area contributed by atoms with Crippen LogP contribution in [0.15, 0.2) is 24.4 Å². The maximum atomic E-state index is 4.32. The van der Waals surface area contributed by atoms with Crippen molar-refractivity contribution in [2.24, 2.45) is 0 Å². The van der Waals surface area contributed by atoms with Crippen molar-refractivity contribution in [3.63, 3.8) is 0 Å². The maximum Gasteiger partial charge on any atom is 0.0683 e. The van der Waals surface area contributed by atoms with E-state index in [9.17, 15) is 0 Å². The number of hydrogen-bond acceptors (Lipinski definition) is 2. The monoisotopic (exact) mass is 191 g/mol. The van der Waals surface area contributed by atoms with Crippen molar-refractivity contribution in [2.45, 2.75) is 6.54 Å². The van der Waals surface area contributed by atoms with Crippen LogP contribution in [-0.2, 0) is 6.54 Å². The van der Waals surface area contributed by atoms with Crippen LogP contribution in [0.4, 0.5) is 0 Å².